The molecular formula is C7H3ClN2O2S. The molecule has 2 aromatic rings. The molecule has 0 aliphatic rings. The highest BCUT2D eigenvalue weighted by Gasteiger charge is 2.13. The van der Waals surface area contributed by atoms with Gasteiger partial charge >= 0.3 is 5.97 Å². The van der Waals surface area contributed by atoms with Gasteiger partial charge in [0.05, 0.1) is 0 Å². The summed E-state index contributed by atoms with van der Waals surface area (Å²) < 4.78 is 3.76. The lowest BCUT2D eigenvalue weighted by molar-refractivity contribution is 0.0694. The molecule has 0 radical (unpaired) electrons. The first-order valence-electron chi connectivity index (χ1n) is 3.33. The van der Waals surface area contributed by atoms with Gasteiger partial charge in [0.15, 0.2) is 5.69 Å². The lowest BCUT2D eigenvalue weighted by Crippen LogP contribution is -1.96. The Morgan fingerprint density at radius 3 is 3.00 bits per heavy atom. The molecule has 0 bridgehead atoms. The molecule has 0 saturated heterocycles. The van der Waals surface area contributed by atoms with Gasteiger partial charge in [0.25, 0.3) is 0 Å². The van der Waals surface area contributed by atoms with E-state index >= 15 is 0 Å². The van der Waals surface area contributed by atoms with Crippen molar-refractivity contribution in [3.63, 3.8) is 0 Å². The van der Waals surface area contributed by atoms with Gasteiger partial charge in [0.2, 0.25) is 0 Å². The summed E-state index contributed by atoms with van der Waals surface area (Å²) in [5.41, 5.74) is 0.0316. The van der Waals surface area contributed by atoms with Crippen LogP contribution < -0.4 is 0 Å². The van der Waals surface area contributed by atoms with Crippen molar-refractivity contribution in [2.24, 2.45) is 0 Å². The van der Waals surface area contributed by atoms with Crippen molar-refractivity contribution in [3.05, 3.63) is 23.0 Å². The standard InChI is InChI=1S/C7H3ClN2O2S/c8-4-2-1-3-5(7(11)12)10-13-6(3)9-4/h1-2H,(H,11,12). The Morgan fingerprint density at radius 1 is 1.54 bits per heavy atom. The molecule has 0 saturated carbocycles. The molecule has 0 aromatic carbocycles. The number of carbonyl (C=O) groups is 1. The fraction of sp³-hybridized carbons (Fsp3) is 0. The second kappa shape index (κ2) is 2.93. The molecule has 0 aliphatic carbocycles. The van der Waals surface area contributed by atoms with Gasteiger partial charge in [0.1, 0.15) is 9.98 Å². The molecule has 0 spiro atoms. The Balaban J connectivity index is 2.76. The van der Waals surface area contributed by atoms with Crippen LogP contribution in [0.15, 0.2) is 12.1 Å². The van der Waals surface area contributed by atoms with E-state index in [9.17, 15) is 4.79 Å². The highest BCUT2D eigenvalue weighted by atomic mass is 35.5. The van der Waals surface area contributed by atoms with Gasteiger partial charge in [-0.15, -0.1) is 0 Å². The first-order chi connectivity index (χ1) is 6.18. The quantitative estimate of drug-likeness (QED) is 0.738. The number of aromatic nitrogens is 2. The SMILES string of the molecule is O=C(O)c1nsc2nc(Cl)ccc12. The van der Waals surface area contributed by atoms with Gasteiger partial charge in [-0.3, -0.25) is 0 Å². The van der Waals surface area contributed by atoms with Crippen molar-refractivity contribution >= 4 is 39.3 Å². The molecule has 0 fully saturated rings. The summed E-state index contributed by atoms with van der Waals surface area (Å²) in [7, 11) is 0. The van der Waals surface area contributed by atoms with Crippen molar-refractivity contribution in [1.82, 2.24) is 9.36 Å². The number of halogens is 1. The maximum Gasteiger partial charge on any atom is 0.356 e. The van der Waals surface area contributed by atoms with Gasteiger partial charge in [0, 0.05) is 5.39 Å². The Kier molecular flexibility index (Phi) is 1.90. The molecular weight excluding hydrogens is 212 g/mol. The smallest absolute Gasteiger partial charge is 0.356 e. The Labute approximate surface area is 82.0 Å². The molecule has 6 heteroatoms. The largest absolute Gasteiger partial charge is 0.476 e. The van der Waals surface area contributed by atoms with Crippen LogP contribution in [0, 0.1) is 0 Å². The molecule has 2 rings (SSSR count). The van der Waals surface area contributed by atoms with Crippen LogP contribution in [-0.4, -0.2) is 20.4 Å². The monoisotopic (exact) mass is 214 g/mol. The van der Waals surface area contributed by atoms with Gasteiger partial charge in [-0.05, 0) is 23.7 Å². The van der Waals surface area contributed by atoms with Gasteiger partial charge < -0.3 is 5.11 Å². The summed E-state index contributed by atoms with van der Waals surface area (Å²) in [6.45, 7) is 0. The lowest BCUT2D eigenvalue weighted by atomic mass is 10.3. The normalized spacial score (nSPS) is 10.5. The van der Waals surface area contributed by atoms with E-state index in [1.165, 1.54) is 0 Å². The topological polar surface area (TPSA) is 63.1 Å². The zero-order valence-corrected chi connectivity index (χ0v) is 7.76. The maximum absolute atomic E-state index is 10.6. The van der Waals surface area contributed by atoms with E-state index in [1.54, 1.807) is 12.1 Å². The minimum absolute atomic E-state index is 0.0316. The zero-order valence-electron chi connectivity index (χ0n) is 6.19. The number of hydrogen-bond acceptors (Lipinski definition) is 4. The number of hydrogen-bond donors (Lipinski definition) is 1. The molecule has 2 aromatic heterocycles. The van der Waals surface area contributed by atoms with Crippen LogP contribution in [0.5, 0.6) is 0 Å². The Hall–Kier alpha value is -1.20. The fourth-order valence-corrected chi connectivity index (χ4v) is 1.91. The van der Waals surface area contributed by atoms with Crippen molar-refractivity contribution in [2.75, 3.05) is 0 Å². The Morgan fingerprint density at radius 2 is 2.31 bits per heavy atom. The third-order valence-corrected chi connectivity index (χ3v) is 2.48. The number of rotatable bonds is 1. The van der Waals surface area contributed by atoms with Crippen LogP contribution in [-0.2, 0) is 0 Å². The zero-order chi connectivity index (χ0) is 9.42. The van der Waals surface area contributed by atoms with E-state index < -0.39 is 5.97 Å². The molecule has 0 aliphatic heterocycles. The average molecular weight is 215 g/mol. The number of nitrogens with zero attached hydrogens (tertiary/aromatic N) is 2. The van der Waals surface area contributed by atoms with E-state index in [0.29, 0.717) is 15.4 Å². The molecule has 0 amide bonds. The summed E-state index contributed by atoms with van der Waals surface area (Å²) in [4.78, 5) is 15.1. The first-order valence-corrected chi connectivity index (χ1v) is 4.49. The minimum atomic E-state index is -1.05. The van der Waals surface area contributed by atoms with Crippen molar-refractivity contribution in [1.29, 1.82) is 0 Å². The summed E-state index contributed by atoms with van der Waals surface area (Å²) in [6, 6.07) is 3.16. The predicted octanol–water partition coefficient (Wildman–Crippen LogP) is 2.04. The van der Waals surface area contributed by atoms with E-state index in [1.807, 2.05) is 0 Å². The summed E-state index contributed by atoms with van der Waals surface area (Å²) in [5, 5.41) is 9.59. The third kappa shape index (κ3) is 1.36. The number of aromatic carboxylic acids is 1. The maximum atomic E-state index is 10.6. The second-order valence-electron chi connectivity index (χ2n) is 2.32. The van der Waals surface area contributed by atoms with Gasteiger partial charge in [-0.2, -0.15) is 4.37 Å². The molecule has 1 N–H and O–H groups in total. The van der Waals surface area contributed by atoms with Gasteiger partial charge in [-0.1, -0.05) is 11.6 Å². The van der Waals surface area contributed by atoms with Crippen LogP contribution in [0.4, 0.5) is 0 Å². The molecule has 13 heavy (non-hydrogen) atoms. The van der Waals surface area contributed by atoms with Crippen LogP contribution in [0.1, 0.15) is 10.5 Å². The highest BCUT2D eigenvalue weighted by molar-refractivity contribution is 7.13. The second-order valence-corrected chi connectivity index (χ2v) is 3.46. The van der Waals surface area contributed by atoms with E-state index in [4.69, 9.17) is 16.7 Å². The lowest BCUT2D eigenvalue weighted by Gasteiger charge is -1.89. The van der Waals surface area contributed by atoms with Crippen molar-refractivity contribution < 1.29 is 9.90 Å². The minimum Gasteiger partial charge on any atom is -0.476 e. The van der Waals surface area contributed by atoms with Crippen molar-refractivity contribution in [2.45, 2.75) is 0 Å². The average Bonchev–Trinajstić information content (AvgIpc) is 2.46. The fourth-order valence-electron chi connectivity index (χ4n) is 0.960. The number of pyridine rings is 1. The molecule has 2 heterocycles. The van der Waals surface area contributed by atoms with Crippen LogP contribution in [0.25, 0.3) is 10.2 Å². The number of carboxylic acids is 1. The summed E-state index contributed by atoms with van der Waals surface area (Å²) in [6.07, 6.45) is 0. The summed E-state index contributed by atoms with van der Waals surface area (Å²) in [5.74, 6) is -1.05. The van der Waals surface area contributed by atoms with Crippen LogP contribution in [0.3, 0.4) is 0 Å². The van der Waals surface area contributed by atoms with Crippen molar-refractivity contribution in [3.8, 4) is 0 Å². The predicted molar refractivity (Wildman–Crippen MR) is 49.4 cm³/mol. The number of carboxylic acid groups (broad SMARTS) is 1. The van der Waals surface area contributed by atoms with E-state index in [2.05, 4.69) is 9.36 Å². The Bertz CT molecular complexity index is 482. The highest BCUT2D eigenvalue weighted by Crippen LogP contribution is 2.22. The molecule has 4 nitrogen and oxygen atoms in total. The molecule has 66 valence electrons. The molecule has 0 unspecified atom stereocenters. The van der Waals surface area contributed by atoms with E-state index in [-0.39, 0.29) is 5.69 Å². The van der Waals surface area contributed by atoms with Crippen LogP contribution >= 0.6 is 23.1 Å². The third-order valence-electron chi connectivity index (χ3n) is 1.51. The summed E-state index contributed by atoms with van der Waals surface area (Å²) >= 11 is 6.66. The van der Waals surface area contributed by atoms with Crippen LogP contribution in [0.2, 0.25) is 5.15 Å². The first kappa shape index (κ1) is 8.40. The van der Waals surface area contributed by atoms with E-state index in [0.717, 1.165) is 11.5 Å². The number of fused-ring (bicyclic) bond motifs is 1. The molecule has 0 atom stereocenters. The van der Waals surface area contributed by atoms with Gasteiger partial charge in [-0.25, -0.2) is 9.78 Å².